The van der Waals surface area contributed by atoms with Crippen molar-refractivity contribution in [1.29, 1.82) is 0 Å². The zero-order valence-electron chi connectivity index (χ0n) is 14.4. The summed E-state index contributed by atoms with van der Waals surface area (Å²) >= 11 is 0. The molecule has 27 heavy (non-hydrogen) atoms. The number of nitro groups is 1. The van der Waals surface area contributed by atoms with Gasteiger partial charge in [-0.1, -0.05) is 6.07 Å². The quantitative estimate of drug-likeness (QED) is 0.423. The number of hydrogen-bond acceptors (Lipinski definition) is 7. The standard InChI is InChI=1S/C17H16F2N2O6/c1-25-15-7-10(3-6-14(15)27-17(18)19)9-20-13-5-4-11(21(23)24)8-12(13)16(22)26-2/h3-8,17,20H,9H2,1-2H3. The van der Waals surface area contributed by atoms with Crippen molar-refractivity contribution in [2.24, 2.45) is 0 Å². The van der Waals surface area contributed by atoms with Crippen LogP contribution in [0.2, 0.25) is 0 Å². The van der Waals surface area contributed by atoms with Crippen molar-refractivity contribution in [3.63, 3.8) is 0 Å². The third-order valence-corrected chi connectivity index (χ3v) is 3.55. The molecule has 0 radical (unpaired) electrons. The van der Waals surface area contributed by atoms with Crippen molar-refractivity contribution >= 4 is 17.3 Å². The van der Waals surface area contributed by atoms with Crippen LogP contribution in [0.3, 0.4) is 0 Å². The van der Waals surface area contributed by atoms with E-state index in [1.165, 1.54) is 37.4 Å². The van der Waals surface area contributed by atoms with E-state index in [2.05, 4.69) is 14.8 Å². The third-order valence-electron chi connectivity index (χ3n) is 3.55. The number of hydrogen-bond donors (Lipinski definition) is 1. The fraction of sp³-hybridized carbons (Fsp3) is 0.235. The van der Waals surface area contributed by atoms with Crippen LogP contribution in [0.15, 0.2) is 36.4 Å². The van der Waals surface area contributed by atoms with Crippen LogP contribution in [0.4, 0.5) is 20.2 Å². The third kappa shape index (κ3) is 5.03. The lowest BCUT2D eigenvalue weighted by Gasteiger charge is -2.13. The second-order valence-corrected chi connectivity index (χ2v) is 5.20. The van der Waals surface area contributed by atoms with E-state index >= 15 is 0 Å². The minimum Gasteiger partial charge on any atom is -0.493 e. The zero-order chi connectivity index (χ0) is 20.0. The summed E-state index contributed by atoms with van der Waals surface area (Å²) in [4.78, 5) is 22.1. The molecule has 0 amide bonds. The van der Waals surface area contributed by atoms with E-state index in [-0.39, 0.29) is 29.3 Å². The van der Waals surface area contributed by atoms with E-state index in [0.29, 0.717) is 11.3 Å². The van der Waals surface area contributed by atoms with E-state index in [1.807, 2.05) is 0 Å². The molecule has 2 aromatic carbocycles. The van der Waals surface area contributed by atoms with E-state index in [4.69, 9.17) is 4.74 Å². The Morgan fingerprint density at radius 3 is 2.52 bits per heavy atom. The summed E-state index contributed by atoms with van der Waals surface area (Å²) in [5, 5.41) is 13.8. The van der Waals surface area contributed by atoms with Gasteiger partial charge in [-0.3, -0.25) is 10.1 Å². The maximum Gasteiger partial charge on any atom is 0.387 e. The molecule has 0 aliphatic rings. The van der Waals surface area contributed by atoms with Gasteiger partial charge in [-0.25, -0.2) is 4.79 Å². The number of nitrogens with zero attached hydrogens (tertiary/aromatic N) is 1. The molecule has 0 fully saturated rings. The Morgan fingerprint density at radius 1 is 1.19 bits per heavy atom. The Balaban J connectivity index is 2.23. The maximum atomic E-state index is 12.4. The van der Waals surface area contributed by atoms with Gasteiger partial charge in [-0.2, -0.15) is 8.78 Å². The van der Waals surface area contributed by atoms with Crippen molar-refractivity contribution in [3.05, 3.63) is 57.6 Å². The Labute approximate surface area is 152 Å². The van der Waals surface area contributed by atoms with Crippen molar-refractivity contribution in [1.82, 2.24) is 0 Å². The maximum absolute atomic E-state index is 12.4. The highest BCUT2D eigenvalue weighted by molar-refractivity contribution is 5.96. The molecular weight excluding hydrogens is 366 g/mol. The van der Waals surface area contributed by atoms with E-state index < -0.39 is 17.5 Å². The molecule has 144 valence electrons. The SMILES string of the molecule is COC(=O)c1cc([N+](=O)[O-])ccc1NCc1ccc(OC(F)F)c(OC)c1. The summed E-state index contributed by atoms with van der Waals surface area (Å²) in [5.41, 5.74) is 0.703. The summed E-state index contributed by atoms with van der Waals surface area (Å²) in [6.45, 7) is -2.79. The summed E-state index contributed by atoms with van der Waals surface area (Å²) < 4.78 is 38.8. The smallest absolute Gasteiger partial charge is 0.387 e. The van der Waals surface area contributed by atoms with Gasteiger partial charge in [0.1, 0.15) is 0 Å². The number of carbonyl (C=O) groups excluding carboxylic acids is 1. The van der Waals surface area contributed by atoms with E-state index in [0.717, 1.165) is 13.2 Å². The minimum absolute atomic E-state index is 0.00341. The van der Waals surface area contributed by atoms with Crippen LogP contribution < -0.4 is 14.8 Å². The number of alkyl halides is 2. The average molecular weight is 382 g/mol. The lowest BCUT2D eigenvalue weighted by molar-refractivity contribution is -0.384. The molecule has 0 unspecified atom stereocenters. The molecule has 2 rings (SSSR count). The van der Waals surface area contributed by atoms with Gasteiger partial charge in [-0.15, -0.1) is 0 Å². The largest absolute Gasteiger partial charge is 0.493 e. The first-order valence-corrected chi connectivity index (χ1v) is 7.58. The molecule has 0 heterocycles. The normalized spacial score (nSPS) is 10.4. The number of anilines is 1. The van der Waals surface area contributed by atoms with Crippen LogP contribution in [0.5, 0.6) is 11.5 Å². The number of nitrogens with one attached hydrogen (secondary N) is 1. The number of benzene rings is 2. The lowest BCUT2D eigenvalue weighted by atomic mass is 10.1. The molecule has 0 atom stereocenters. The highest BCUT2D eigenvalue weighted by Crippen LogP contribution is 2.30. The summed E-state index contributed by atoms with van der Waals surface area (Å²) in [6.07, 6.45) is 0. The molecule has 0 bridgehead atoms. The zero-order valence-corrected chi connectivity index (χ0v) is 14.4. The Morgan fingerprint density at radius 2 is 1.93 bits per heavy atom. The van der Waals surface area contributed by atoms with Gasteiger partial charge in [0, 0.05) is 24.4 Å². The number of non-ortho nitro benzene ring substituents is 1. The molecule has 10 heteroatoms. The number of carbonyl (C=O) groups is 1. The van der Waals surface area contributed by atoms with Crippen LogP contribution >= 0.6 is 0 Å². The molecular formula is C17H16F2N2O6. The molecule has 0 aromatic heterocycles. The van der Waals surface area contributed by atoms with Crippen LogP contribution in [0, 0.1) is 10.1 Å². The molecule has 8 nitrogen and oxygen atoms in total. The van der Waals surface area contributed by atoms with E-state index in [9.17, 15) is 23.7 Å². The number of nitro benzene ring substituents is 1. The highest BCUT2D eigenvalue weighted by Gasteiger charge is 2.17. The first-order valence-electron chi connectivity index (χ1n) is 7.58. The molecule has 0 aliphatic heterocycles. The van der Waals surface area contributed by atoms with Gasteiger partial charge >= 0.3 is 12.6 Å². The molecule has 0 saturated heterocycles. The van der Waals surface area contributed by atoms with Gasteiger partial charge in [0.25, 0.3) is 5.69 Å². The van der Waals surface area contributed by atoms with Crippen LogP contribution in [-0.2, 0) is 11.3 Å². The predicted octanol–water partition coefficient (Wildman–Crippen LogP) is 3.60. The highest BCUT2D eigenvalue weighted by atomic mass is 19.3. The average Bonchev–Trinajstić information content (AvgIpc) is 2.65. The molecule has 1 N–H and O–H groups in total. The fourth-order valence-corrected chi connectivity index (χ4v) is 2.29. The number of methoxy groups -OCH3 is 2. The van der Waals surface area contributed by atoms with E-state index in [1.54, 1.807) is 0 Å². The van der Waals surface area contributed by atoms with Gasteiger partial charge in [0.15, 0.2) is 11.5 Å². The molecule has 0 saturated carbocycles. The van der Waals surface area contributed by atoms with Gasteiger partial charge in [0.2, 0.25) is 0 Å². The Bertz CT molecular complexity index is 844. The first-order chi connectivity index (χ1) is 12.8. The van der Waals surface area contributed by atoms with Gasteiger partial charge < -0.3 is 19.5 Å². The van der Waals surface area contributed by atoms with Crippen molar-refractivity contribution < 1.29 is 32.7 Å². The van der Waals surface area contributed by atoms with Crippen LogP contribution in [-0.4, -0.2) is 31.7 Å². The topological polar surface area (TPSA) is 99.9 Å². The van der Waals surface area contributed by atoms with Crippen LogP contribution in [0.1, 0.15) is 15.9 Å². The number of halogens is 2. The Kier molecular flexibility index (Phi) is 6.47. The van der Waals surface area contributed by atoms with Gasteiger partial charge in [-0.05, 0) is 23.8 Å². The second kappa shape index (κ2) is 8.79. The van der Waals surface area contributed by atoms with Crippen molar-refractivity contribution in [3.8, 4) is 11.5 Å². The Hall–Kier alpha value is -3.43. The fourth-order valence-electron chi connectivity index (χ4n) is 2.29. The number of ether oxygens (including phenoxy) is 3. The summed E-state index contributed by atoms with van der Waals surface area (Å²) in [7, 11) is 2.48. The predicted molar refractivity (Wildman–Crippen MR) is 91.4 cm³/mol. The van der Waals surface area contributed by atoms with Crippen LogP contribution in [0.25, 0.3) is 0 Å². The first kappa shape index (κ1) is 19.9. The monoisotopic (exact) mass is 382 g/mol. The van der Waals surface area contributed by atoms with Gasteiger partial charge in [0.05, 0.1) is 24.7 Å². The van der Waals surface area contributed by atoms with Crippen molar-refractivity contribution in [2.45, 2.75) is 13.2 Å². The number of esters is 1. The second-order valence-electron chi connectivity index (χ2n) is 5.20. The lowest BCUT2D eigenvalue weighted by Crippen LogP contribution is -2.09. The molecule has 0 spiro atoms. The molecule has 2 aromatic rings. The summed E-state index contributed by atoms with van der Waals surface area (Å²) in [6, 6.07) is 8.10. The number of rotatable bonds is 8. The summed E-state index contributed by atoms with van der Waals surface area (Å²) in [5.74, 6) is -0.729. The minimum atomic E-state index is -2.98. The molecule has 0 aliphatic carbocycles. The van der Waals surface area contributed by atoms with Crippen molar-refractivity contribution in [2.75, 3.05) is 19.5 Å².